The molecule has 1 aromatic carbocycles. The Morgan fingerprint density at radius 3 is 2.93 bits per heavy atom. The first-order valence-electron chi connectivity index (χ1n) is 9.20. The Bertz CT molecular complexity index is 1010. The summed E-state index contributed by atoms with van der Waals surface area (Å²) in [4.78, 5) is 12.6. The first kappa shape index (κ1) is 20.0. The van der Waals surface area contributed by atoms with E-state index in [1.807, 2.05) is 6.07 Å². The minimum atomic E-state index is -4.80. The van der Waals surface area contributed by atoms with Gasteiger partial charge in [0.2, 0.25) is 5.88 Å². The molecule has 0 aliphatic carbocycles. The van der Waals surface area contributed by atoms with Crippen LogP contribution in [0.4, 0.5) is 13.2 Å². The second kappa shape index (κ2) is 7.53. The molecule has 0 spiro atoms. The van der Waals surface area contributed by atoms with Crippen LogP contribution in [-0.2, 0) is 13.0 Å². The van der Waals surface area contributed by atoms with Crippen molar-refractivity contribution in [2.75, 3.05) is 6.61 Å². The van der Waals surface area contributed by atoms with Gasteiger partial charge >= 0.3 is 6.18 Å². The number of aryl methyl sites for hydroxylation is 1. The molecule has 11 heteroatoms. The van der Waals surface area contributed by atoms with Gasteiger partial charge in [-0.25, -0.2) is 4.68 Å². The van der Waals surface area contributed by atoms with Gasteiger partial charge in [-0.1, -0.05) is 0 Å². The Kier molecular flexibility index (Phi) is 5.03. The number of alkyl halides is 3. The maximum atomic E-state index is 12.7. The molecule has 2 aliphatic rings. The van der Waals surface area contributed by atoms with Gasteiger partial charge in [-0.2, -0.15) is 23.5 Å². The highest BCUT2D eigenvalue weighted by Gasteiger charge is 2.46. The summed E-state index contributed by atoms with van der Waals surface area (Å²) in [5.41, 5.74) is 1.27. The smallest absolute Gasteiger partial charge is 0.418 e. The SMILES string of the molecule is N#Cc1ccc2c(c1)C[C@@H](NC(=O)c1cc3n(n1)CCC(C(O)C(F)(F)F)O3)CO2. The molecule has 2 aliphatic heterocycles. The van der Waals surface area contributed by atoms with Crippen molar-refractivity contribution in [3.05, 3.63) is 41.1 Å². The Morgan fingerprint density at radius 2 is 2.20 bits per heavy atom. The number of nitrogens with zero attached hydrogens (tertiary/aromatic N) is 3. The van der Waals surface area contributed by atoms with E-state index in [4.69, 9.17) is 14.7 Å². The van der Waals surface area contributed by atoms with Crippen LogP contribution in [0.2, 0.25) is 0 Å². The summed E-state index contributed by atoms with van der Waals surface area (Å²) < 4.78 is 50.2. The van der Waals surface area contributed by atoms with Crippen LogP contribution in [0.15, 0.2) is 24.3 Å². The molecule has 1 aromatic heterocycles. The zero-order chi connectivity index (χ0) is 21.5. The van der Waals surface area contributed by atoms with Crippen LogP contribution in [0.3, 0.4) is 0 Å². The van der Waals surface area contributed by atoms with Gasteiger partial charge < -0.3 is 19.9 Å². The predicted octanol–water partition coefficient (Wildman–Crippen LogP) is 1.56. The molecule has 4 rings (SSSR count). The van der Waals surface area contributed by atoms with Gasteiger partial charge in [-0.3, -0.25) is 4.79 Å². The van der Waals surface area contributed by atoms with Crippen LogP contribution in [-0.4, -0.2) is 51.8 Å². The van der Waals surface area contributed by atoms with Crippen LogP contribution < -0.4 is 14.8 Å². The zero-order valence-electron chi connectivity index (χ0n) is 15.5. The number of rotatable bonds is 3. The number of ether oxygens (including phenoxy) is 2. The molecule has 30 heavy (non-hydrogen) atoms. The van der Waals surface area contributed by atoms with Crippen molar-refractivity contribution < 1.29 is 32.5 Å². The summed E-state index contributed by atoms with van der Waals surface area (Å²) in [6, 6.07) is 7.99. The lowest BCUT2D eigenvalue weighted by Crippen LogP contribution is -2.45. The van der Waals surface area contributed by atoms with E-state index >= 15 is 0 Å². The fourth-order valence-corrected chi connectivity index (χ4v) is 3.48. The lowest BCUT2D eigenvalue weighted by Gasteiger charge is -2.29. The number of halogens is 3. The van der Waals surface area contributed by atoms with E-state index in [0.717, 1.165) is 5.56 Å². The number of carbonyl (C=O) groups is 1. The number of aliphatic hydroxyl groups excluding tert-OH is 1. The van der Waals surface area contributed by atoms with E-state index in [1.54, 1.807) is 18.2 Å². The second-order valence-corrected chi connectivity index (χ2v) is 7.14. The minimum absolute atomic E-state index is 0.0104. The highest BCUT2D eigenvalue weighted by Crippen LogP contribution is 2.30. The molecular weight excluding hydrogens is 405 g/mol. The van der Waals surface area contributed by atoms with E-state index in [0.29, 0.717) is 17.7 Å². The molecule has 0 saturated carbocycles. The summed E-state index contributed by atoms with van der Waals surface area (Å²) in [5, 5.41) is 25.3. The number of carbonyl (C=O) groups excluding carboxylic acids is 1. The Hall–Kier alpha value is -3.26. The first-order valence-corrected chi connectivity index (χ1v) is 9.20. The fourth-order valence-electron chi connectivity index (χ4n) is 3.48. The number of aromatic nitrogens is 2. The molecule has 158 valence electrons. The quantitative estimate of drug-likeness (QED) is 0.777. The van der Waals surface area contributed by atoms with Crippen LogP contribution >= 0.6 is 0 Å². The third kappa shape index (κ3) is 3.91. The highest BCUT2D eigenvalue weighted by molar-refractivity contribution is 5.92. The molecule has 2 aromatic rings. The molecule has 0 saturated heterocycles. The maximum absolute atomic E-state index is 12.7. The average Bonchev–Trinajstić information content (AvgIpc) is 3.15. The normalized spacial score (nSPS) is 21.3. The van der Waals surface area contributed by atoms with Crippen LogP contribution in [0, 0.1) is 11.3 Å². The van der Waals surface area contributed by atoms with Gasteiger partial charge in [-0.15, -0.1) is 0 Å². The summed E-state index contributed by atoms with van der Waals surface area (Å²) in [6.07, 6.45) is -8.50. The number of aliphatic hydroxyl groups is 1. The number of benzene rings is 1. The number of nitrogens with one attached hydrogen (secondary N) is 1. The number of hydrogen-bond donors (Lipinski definition) is 2. The molecule has 0 radical (unpaired) electrons. The van der Waals surface area contributed by atoms with Gasteiger partial charge in [0, 0.05) is 19.0 Å². The van der Waals surface area contributed by atoms with E-state index in [9.17, 15) is 23.1 Å². The number of hydrogen-bond acceptors (Lipinski definition) is 6. The highest BCUT2D eigenvalue weighted by atomic mass is 19.4. The summed E-state index contributed by atoms with van der Waals surface area (Å²) in [5.74, 6) is 0.116. The molecule has 1 amide bonds. The Balaban J connectivity index is 1.42. The lowest BCUT2D eigenvalue weighted by molar-refractivity contribution is -0.229. The topological polar surface area (TPSA) is 109 Å². The van der Waals surface area contributed by atoms with E-state index in [1.165, 1.54) is 10.7 Å². The number of fused-ring (bicyclic) bond motifs is 2. The van der Waals surface area contributed by atoms with Crippen LogP contribution in [0.1, 0.15) is 28.0 Å². The largest absolute Gasteiger partial charge is 0.491 e. The van der Waals surface area contributed by atoms with Crippen molar-refractivity contribution in [3.63, 3.8) is 0 Å². The second-order valence-electron chi connectivity index (χ2n) is 7.14. The molecule has 2 unspecified atom stereocenters. The monoisotopic (exact) mass is 422 g/mol. The molecule has 2 N–H and O–H groups in total. The van der Waals surface area contributed by atoms with Crippen molar-refractivity contribution in [1.82, 2.24) is 15.1 Å². The molecule has 3 atom stereocenters. The van der Waals surface area contributed by atoms with Gasteiger partial charge in [0.05, 0.1) is 17.7 Å². The number of nitriles is 1. The van der Waals surface area contributed by atoms with Crippen LogP contribution in [0.25, 0.3) is 0 Å². The van der Waals surface area contributed by atoms with Crippen molar-refractivity contribution in [2.45, 2.75) is 43.8 Å². The van der Waals surface area contributed by atoms with Crippen LogP contribution in [0.5, 0.6) is 11.6 Å². The van der Waals surface area contributed by atoms with E-state index in [2.05, 4.69) is 10.4 Å². The van der Waals surface area contributed by atoms with Gasteiger partial charge in [0.15, 0.2) is 11.8 Å². The third-order valence-corrected chi connectivity index (χ3v) is 4.99. The van der Waals surface area contributed by atoms with Gasteiger partial charge in [0.25, 0.3) is 5.91 Å². The summed E-state index contributed by atoms with van der Waals surface area (Å²) >= 11 is 0. The average molecular weight is 422 g/mol. The fraction of sp³-hybridized carbons (Fsp3) is 0.421. The summed E-state index contributed by atoms with van der Waals surface area (Å²) in [6.45, 7) is 0.311. The molecule has 0 bridgehead atoms. The van der Waals surface area contributed by atoms with Gasteiger partial charge in [-0.05, 0) is 30.2 Å². The number of amides is 1. The van der Waals surface area contributed by atoms with Crippen molar-refractivity contribution >= 4 is 5.91 Å². The van der Waals surface area contributed by atoms with Crippen molar-refractivity contribution in [1.29, 1.82) is 5.26 Å². The third-order valence-electron chi connectivity index (χ3n) is 4.99. The van der Waals surface area contributed by atoms with E-state index in [-0.39, 0.29) is 37.2 Å². The van der Waals surface area contributed by atoms with Crippen molar-refractivity contribution in [3.8, 4) is 17.7 Å². The van der Waals surface area contributed by atoms with Gasteiger partial charge in [0.1, 0.15) is 18.5 Å². The Labute approximate surface area is 168 Å². The maximum Gasteiger partial charge on any atom is 0.418 e. The lowest BCUT2D eigenvalue weighted by atomic mass is 10.0. The first-order chi connectivity index (χ1) is 14.2. The minimum Gasteiger partial charge on any atom is -0.491 e. The molecular formula is C19H17F3N4O4. The predicted molar refractivity (Wildman–Crippen MR) is 94.9 cm³/mol. The van der Waals surface area contributed by atoms with E-state index < -0.39 is 24.3 Å². The zero-order valence-corrected chi connectivity index (χ0v) is 15.5. The Morgan fingerprint density at radius 1 is 1.40 bits per heavy atom. The molecule has 3 heterocycles. The summed E-state index contributed by atoms with van der Waals surface area (Å²) in [7, 11) is 0. The van der Waals surface area contributed by atoms with Crippen molar-refractivity contribution in [2.24, 2.45) is 0 Å². The molecule has 8 nitrogen and oxygen atoms in total. The standard InChI is InChI=1S/C19H17F3N4O4/c20-19(21,22)17(27)15-3-4-26-16(30-15)7-13(25-26)18(28)24-12-6-11-5-10(8-23)1-2-14(11)29-9-12/h1-2,5,7,12,15,17,27H,3-4,6,9H2,(H,24,28)/t12-,15?,17?/m1/s1. The molecule has 0 fully saturated rings.